The highest BCUT2D eigenvalue weighted by molar-refractivity contribution is 5.92. The molecule has 1 aromatic rings. The summed E-state index contributed by atoms with van der Waals surface area (Å²) in [6, 6.07) is 7.14. The third kappa shape index (κ3) is 2.56. The van der Waals surface area contributed by atoms with Crippen LogP contribution in [-0.4, -0.2) is 39.2 Å². The van der Waals surface area contributed by atoms with Crippen LogP contribution in [0.25, 0.3) is 6.08 Å². The number of fused-ring (bicyclic) bond motifs is 2. The van der Waals surface area contributed by atoms with Crippen LogP contribution in [0.5, 0.6) is 5.75 Å². The van der Waals surface area contributed by atoms with E-state index in [0.29, 0.717) is 12.8 Å². The number of aliphatic hydroxyl groups is 1. The fraction of sp³-hybridized carbons (Fsp3) is 0.438. The van der Waals surface area contributed by atoms with Crippen molar-refractivity contribution in [3.63, 3.8) is 0 Å². The van der Waals surface area contributed by atoms with E-state index < -0.39 is 0 Å². The van der Waals surface area contributed by atoms with E-state index in [1.807, 2.05) is 4.90 Å². The number of piperidine rings is 1. The fourth-order valence-electron chi connectivity index (χ4n) is 3.35. The van der Waals surface area contributed by atoms with E-state index in [9.17, 15) is 15.0 Å². The topological polar surface area (TPSA) is 60.8 Å². The first kappa shape index (κ1) is 13.2. The van der Waals surface area contributed by atoms with Gasteiger partial charge in [0.15, 0.2) is 0 Å². The highest BCUT2D eigenvalue weighted by Crippen LogP contribution is 2.35. The molecule has 2 bridgehead atoms. The van der Waals surface area contributed by atoms with Crippen molar-refractivity contribution < 1.29 is 15.0 Å². The normalized spacial score (nSPS) is 29.1. The smallest absolute Gasteiger partial charge is 0.247 e. The Hall–Kier alpha value is -1.81. The van der Waals surface area contributed by atoms with Gasteiger partial charge in [-0.15, -0.1) is 0 Å². The van der Waals surface area contributed by atoms with Gasteiger partial charge in [0, 0.05) is 18.2 Å². The molecule has 0 spiro atoms. The molecule has 2 N–H and O–H groups in total. The maximum atomic E-state index is 12.3. The van der Waals surface area contributed by atoms with Crippen molar-refractivity contribution in [2.45, 2.75) is 43.9 Å². The van der Waals surface area contributed by atoms with Crippen LogP contribution in [0, 0.1) is 0 Å². The van der Waals surface area contributed by atoms with Gasteiger partial charge in [-0.3, -0.25) is 4.79 Å². The summed E-state index contributed by atoms with van der Waals surface area (Å²) >= 11 is 0. The molecule has 2 aliphatic heterocycles. The number of aromatic hydroxyl groups is 1. The summed E-state index contributed by atoms with van der Waals surface area (Å²) in [4.78, 5) is 14.2. The summed E-state index contributed by atoms with van der Waals surface area (Å²) < 4.78 is 0. The van der Waals surface area contributed by atoms with E-state index in [0.717, 1.165) is 18.4 Å². The summed E-state index contributed by atoms with van der Waals surface area (Å²) in [5.41, 5.74) is 0.889. The molecule has 4 nitrogen and oxygen atoms in total. The Balaban J connectivity index is 1.69. The SMILES string of the molecule is O=C(C=Cc1ccc(O)cc1)N1C2CCC1CC(O)C2. The molecule has 3 rings (SSSR count). The van der Waals surface area contributed by atoms with Gasteiger partial charge in [0.05, 0.1) is 6.10 Å². The molecule has 4 heteroatoms. The van der Waals surface area contributed by atoms with Crippen LogP contribution in [0.1, 0.15) is 31.2 Å². The summed E-state index contributed by atoms with van der Waals surface area (Å²) in [6.07, 6.45) is 6.52. The van der Waals surface area contributed by atoms with Crippen molar-refractivity contribution in [2.75, 3.05) is 0 Å². The van der Waals surface area contributed by atoms with E-state index in [2.05, 4.69) is 0 Å². The number of phenols is 1. The number of carbonyl (C=O) groups is 1. The zero-order valence-electron chi connectivity index (χ0n) is 11.3. The van der Waals surface area contributed by atoms with E-state index in [1.54, 1.807) is 36.4 Å². The lowest BCUT2D eigenvalue weighted by Crippen LogP contribution is -2.47. The monoisotopic (exact) mass is 273 g/mol. The van der Waals surface area contributed by atoms with Crippen molar-refractivity contribution in [3.8, 4) is 5.75 Å². The largest absolute Gasteiger partial charge is 0.508 e. The Bertz CT molecular complexity index is 509. The third-order valence-corrected chi connectivity index (χ3v) is 4.27. The molecule has 0 saturated carbocycles. The number of hydrogen-bond acceptors (Lipinski definition) is 3. The second kappa shape index (κ2) is 5.29. The molecule has 2 heterocycles. The zero-order chi connectivity index (χ0) is 14.1. The Kier molecular flexibility index (Phi) is 3.49. The molecule has 2 atom stereocenters. The molecular weight excluding hydrogens is 254 g/mol. The lowest BCUT2D eigenvalue weighted by atomic mass is 10.00. The maximum Gasteiger partial charge on any atom is 0.247 e. The molecule has 2 fully saturated rings. The van der Waals surface area contributed by atoms with Gasteiger partial charge >= 0.3 is 0 Å². The van der Waals surface area contributed by atoms with Gasteiger partial charge in [-0.25, -0.2) is 0 Å². The lowest BCUT2D eigenvalue weighted by Gasteiger charge is -2.36. The van der Waals surface area contributed by atoms with E-state index in [4.69, 9.17) is 0 Å². The van der Waals surface area contributed by atoms with Crippen LogP contribution in [0.2, 0.25) is 0 Å². The van der Waals surface area contributed by atoms with Crippen LogP contribution in [0.15, 0.2) is 30.3 Å². The lowest BCUT2D eigenvalue weighted by molar-refractivity contribution is -0.131. The number of hydrogen-bond donors (Lipinski definition) is 2. The summed E-state index contributed by atoms with van der Waals surface area (Å²) in [7, 11) is 0. The minimum absolute atomic E-state index is 0.0254. The van der Waals surface area contributed by atoms with Crippen LogP contribution in [0.4, 0.5) is 0 Å². The van der Waals surface area contributed by atoms with Crippen molar-refractivity contribution in [1.29, 1.82) is 0 Å². The molecule has 0 aromatic heterocycles. The van der Waals surface area contributed by atoms with Gasteiger partial charge in [0.25, 0.3) is 0 Å². The first-order valence-electron chi connectivity index (χ1n) is 7.11. The Morgan fingerprint density at radius 2 is 1.75 bits per heavy atom. The highest BCUT2D eigenvalue weighted by Gasteiger charge is 2.41. The predicted octanol–water partition coefficient (Wildman–Crippen LogP) is 1.92. The molecule has 1 aromatic carbocycles. The van der Waals surface area contributed by atoms with E-state index in [-0.39, 0.29) is 29.8 Å². The Labute approximate surface area is 118 Å². The number of phenolic OH excluding ortho intramolecular Hbond substituents is 1. The number of aliphatic hydroxyl groups excluding tert-OH is 1. The van der Waals surface area contributed by atoms with Gasteiger partial charge in [-0.2, -0.15) is 0 Å². The number of benzene rings is 1. The molecule has 1 amide bonds. The third-order valence-electron chi connectivity index (χ3n) is 4.27. The van der Waals surface area contributed by atoms with Gasteiger partial charge in [0.1, 0.15) is 5.75 Å². The first-order chi connectivity index (χ1) is 9.63. The molecule has 0 aliphatic carbocycles. The highest BCUT2D eigenvalue weighted by atomic mass is 16.3. The quantitative estimate of drug-likeness (QED) is 0.809. The number of carbonyl (C=O) groups excluding carboxylic acids is 1. The Morgan fingerprint density at radius 3 is 2.35 bits per heavy atom. The van der Waals surface area contributed by atoms with E-state index >= 15 is 0 Å². The second-order valence-corrected chi connectivity index (χ2v) is 5.68. The molecule has 2 unspecified atom stereocenters. The van der Waals surface area contributed by atoms with Crippen molar-refractivity contribution in [3.05, 3.63) is 35.9 Å². The molecular formula is C16H19NO3. The summed E-state index contributed by atoms with van der Waals surface area (Å²) in [5.74, 6) is 0.244. The zero-order valence-corrected chi connectivity index (χ0v) is 11.3. The minimum atomic E-state index is -0.252. The van der Waals surface area contributed by atoms with Gasteiger partial charge < -0.3 is 15.1 Å². The maximum absolute atomic E-state index is 12.3. The first-order valence-corrected chi connectivity index (χ1v) is 7.11. The molecule has 106 valence electrons. The number of rotatable bonds is 2. The van der Waals surface area contributed by atoms with Crippen LogP contribution in [-0.2, 0) is 4.79 Å². The van der Waals surface area contributed by atoms with E-state index in [1.165, 1.54) is 0 Å². The molecule has 20 heavy (non-hydrogen) atoms. The van der Waals surface area contributed by atoms with Crippen molar-refractivity contribution in [1.82, 2.24) is 4.90 Å². The van der Waals surface area contributed by atoms with Gasteiger partial charge in [0.2, 0.25) is 5.91 Å². The Morgan fingerprint density at radius 1 is 1.15 bits per heavy atom. The molecule has 0 radical (unpaired) electrons. The van der Waals surface area contributed by atoms with Crippen molar-refractivity contribution >= 4 is 12.0 Å². The minimum Gasteiger partial charge on any atom is -0.508 e. The molecule has 2 saturated heterocycles. The summed E-state index contributed by atoms with van der Waals surface area (Å²) in [6.45, 7) is 0. The predicted molar refractivity (Wildman–Crippen MR) is 76.0 cm³/mol. The number of amides is 1. The second-order valence-electron chi connectivity index (χ2n) is 5.68. The van der Waals surface area contributed by atoms with Crippen molar-refractivity contribution in [2.24, 2.45) is 0 Å². The van der Waals surface area contributed by atoms with Crippen LogP contribution >= 0.6 is 0 Å². The van der Waals surface area contributed by atoms with Gasteiger partial charge in [-0.05, 0) is 49.5 Å². The average Bonchev–Trinajstić information content (AvgIpc) is 2.70. The summed E-state index contributed by atoms with van der Waals surface area (Å²) in [5, 5.41) is 19.0. The average molecular weight is 273 g/mol. The van der Waals surface area contributed by atoms with Crippen LogP contribution < -0.4 is 0 Å². The fourth-order valence-corrected chi connectivity index (χ4v) is 3.35. The number of nitrogens with zero attached hydrogens (tertiary/aromatic N) is 1. The molecule has 2 aliphatic rings. The van der Waals surface area contributed by atoms with Gasteiger partial charge in [-0.1, -0.05) is 12.1 Å². The standard InChI is InChI=1S/C16H19NO3/c18-14-6-1-11(2-7-14)3-8-16(20)17-12-4-5-13(17)10-15(19)9-12/h1-3,6-8,12-13,15,18-19H,4-5,9-10H2. The van der Waals surface area contributed by atoms with Crippen LogP contribution in [0.3, 0.4) is 0 Å².